The monoisotopic (exact) mass is 639 g/mol. The van der Waals surface area contributed by atoms with Crippen molar-refractivity contribution in [1.82, 2.24) is 0 Å². The second-order valence-corrected chi connectivity index (χ2v) is 12.5. The second-order valence-electron chi connectivity index (χ2n) is 12.5. The van der Waals surface area contributed by atoms with Crippen LogP contribution < -0.4 is 4.90 Å². The van der Waals surface area contributed by atoms with Crippen LogP contribution in [0.1, 0.15) is 0 Å². The Hall–Kier alpha value is -6.64. The molecular formula is C48H33NO. The average molecular weight is 640 g/mol. The standard InChI is InChI=1S/C48H33NO/c1-3-13-34(14-4-1)36-23-27-38(28-24-36)41-17-7-10-20-45(41)49(40-31-32-44-43-19-9-12-22-47(43)50-48(44)33-40)46-21-11-8-18-42(46)39-29-25-37(26-30-39)35-15-5-2-6-16-35/h1-33H. The number of nitrogens with zero attached hydrogens (tertiary/aromatic N) is 1. The number of furan rings is 1. The van der Waals surface area contributed by atoms with Gasteiger partial charge in [-0.05, 0) is 63.7 Å². The van der Waals surface area contributed by atoms with Crippen molar-refractivity contribution in [3.8, 4) is 44.5 Å². The minimum absolute atomic E-state index is 0.864. The van der Waals surface area contributed by atoms with Gasteiger partial charge in [-0.25, -0.2) is 0 Å². The van der Waals surface area contributed by atoms with Crippen molar-refractivity contribution in [3.05, 3.63) is 200 Å². The normalized spacial score (nSPS) is 11.2. The van der Waals surface area contributed by atoms with E-state index in [-0.39, 0.29) is 0 Å². The van der Waals surface area contributed by atoms with Crippen molar-refractivity contribution in [2.75, 3.05) is 4.90 Å². The van der Waals surface area contributed by atoms with Gasteiger partial charge < -0.3 is 9.32 Å². The Bertz CT molecular complexity index is 2440. The van der Waals surface area contributed by atoms with Crippen molar-refractivity contribution in [2.24, 2.45) is 0 Å². The molecule has 0 saturated carbocycles. The number of para-hydroxylation sites is 3. The van der Waals surface area contributed by atoms with Gasteiger partial charge in [-0.1, -0.05) is 164 Å². The van der Waals surface area contributed by atoms with Gasteiger partial charge >= 0.3 is 0 Å². The third kappa shape index (κ3) is 5.43. The Morgan fingerprint density at radius 2 is 0.720 bits per heavy atom. The summed E-state index contributed by atoms with van der Waals surface area (Å²) in [7, 11) is 0. The summed E-state index contributed by atoms with van der Waals surface area (Å²) in [4.78, 5) is 2.38. The molecule has 0 bridgehead atoms. The van der Waals surface area contributed by atoms with Crippen LogP contribution in [-0.4, -0.2) is 0 Å². The van der Waals surface area contributed by atoms with Gasteiger partial charge in [-0.3, -0.25) is 0 Å². The van der Waals surface area contributed by atoms with E-state index in [1.807, 2.05) is 12.1 Å². The molecule has 0 unspecified atom stereocenters. The quantitative estimate of drug-likeness (QED) is 0.173. The van der Waals surface area contributed by atoms with Crippen LogP contribution in [0.5, 0.6) is 0 Å². The summed E-state index contributed by atoms with van der Waals surface area (Å²) in [5, 5.41) is 2.23. The topological polar surface area (TPSA) is 16.4 Å². The molecule has 0 radical (unpaired) electrons. The van der Waals surface area contributed by atoms with Gasteiger partial charge in [0.15, 0.2) is 0 Å². The number of benzene rings is 8. The summed E-state index contributed by atoms with van der Waals surface area (Å²) in [6.07, 6.45) is 0. The molecule has 0 fully saturated rings. The molecule has 0 spiro atoms. The van der Waals surface area contributed by atoms with Gasteiger partial charge in [-0.2, -0.15) is 0 Å². The fourth-order valence-electron chi connectivity index (χ4n) is 7.03. The SMILES string of the molecule is c1ccc(-c2ccc(-c3ccccc3N(c3ccc4c(c3)oc3ccccc34)c3ccccc3-c3ccc(-c4ccccc4)cc3)cc2)cc1. The predicted molar refractivity (Wildman–Crippen MR) is 210 cm³/mol. The van der Waals surface area contributed by atoms with Crippen LogP contribution in [-0.2, 0) is 0 Å². The maximum atomic E-state index is 6.43. The summed E-state index contributed by atoms with van der Waals surface area (Å²) >= 11 is 0. The van der Waals surface area contributed by atoms with Gasteiger partial charge in [-0.15, -0.1) is 0 Å². The third-order valence-electron chi connectivity index (χ3n) is 9.52. The van der Waals surface area contributed by atoms with E-state index in [0.717, 1.165) is 61.3 Å². The fraction of sp³-hybridized carbons (Fsp3) is 0. The molecule has 1 heterocycles. The van der Waals surface area contributed by atoms with Crippen LogP contribution in [0.2, 0.25) is 0 Å². The minimum atomic E-state index is 0.864. The van der Waals surface area contributed by atoms with E-state index in [2.05, 4.69) is 193 Å². The molecule has 9 rings (SSSR count). The first-order chi connectivity index (χ1) is 24.8. The van der Waals surface area contributed by atoms with E-state index in [1.54, 1.807) is 0 Å². The minimum Gasteiger partial charge on any atom is -0.456 e. The first kappa shape index (κ1) is 29.5. The molecule has 0 atom stereocenters. The van der Waals surface area contributed by atoms with E-state index < -0.39 is 0 Å². The maximum absolute atomic E-state index is 6.43. The molecule has 0 aliphatic carbocycles. The lowest BCUT2D eigenvalue weighted by molar-refractivity contribution is 0.669. The Balaban J connectivity index is 1.21. The van der Waals surface area contributed by atoms with Crippen LogP contribution in [0.3, 0.4) is 0 Å². The van der Waals surface area contributed by atoms with Crippen molar-refractivity contribution in [3.63, 3.8) is 0 Å². The summed E-state index contributed by atoms with van der Waals surface area (Å²) < 4.78 is 6.43. The van der Waals surface area contributed by atoms with E-state index in [9.17, 15) is 0 Å². The van der Waals surface area contributed by atoms with E-state index >= 15 is 0 Å². The number of anilines is 3. The molecule has 2 nitrogen and oxygen atoms in total. The van der Waals surface area contributed by atoms with Crippen LogP contribution in [0.25, 0.3) is 66.4 Å². The van der Waals surface area contributed by atoms with Gasteiger partial charge in [0.25, 0.3) is 0 Å². The lowest BCUT2D eigenvalue weighted by Crippen LogP contribution is -2.12. The molecule has 9 aromatic rings. The first-order valence-electron chi connectivity index (χ1n) is 17.0. The van der Waals surface area contributed by atoms with Crippen molar-refractivity contribution >= 4 is 39.0 Å². The Morgan fingerprint density at radius 1 is 0.300 bits per heavy atom. The zero-order valence-corrected chi connectivity index (χ0v) is 27.4. The predicted octanol–water partition coefficient (Wildman–Crippen LogP) is 13.7. The lowest BCUT2D eigenvalue weighted by atomic mass is 9.96. The smallest absolute Gasteiger partial charge is 0.137 e. The summed E-state index contributed by atoms with van der Waals surface area (Å²) in [6.45, 7) is 0. The highest BCUT2D eigenvalue weighted by Gasteiger charge is 2.21. The van der Waals surface area contributed by atoms with E-state index in [0.29, 0.717) is 0 Å². The van der Waals surface area contributed by atoms with Crippen LogP contribution >= 0.6 is 0 Å². The third-order valence-corrected chi connectivity index (χ3v) is 9.52. The Kier molecular flexibility index (Phi) is 7.53. The molecule has 0 aliphatic rings. The summed E-state index contributed by atoms with van der Waals surface area (Å²) in [5.41, 5.74) is 14.4. The molecular weight excluding hydrogens is 607 g/mol. The first-order valence-corrected chi connectivity index (χ1v) is 17.0. The second kappa shape index (κ2) is 12.8. The number of rotatable bonds is 7. The molecule has 0 amide bonds. The van der Waals surface area contributed by atoms with Crippen molar-refractivity contribution in [1.29, 1.82) is 0 Å². The largest absolute Gasteiger partial charge is 0.456 e. The van der Waals surface area contributed by atoms with Crippen LogP contribution in [0, 0.1) is 0 Å². The van der Waals surface area contributed by atoms with Gasteiger partial charge in [0.2, 0.25) is 0 Å². The van der Waals surface area contributed by atoms with Gasteiger partial charge in [0, 0.05) is 33.7 Å². The molecule has 0 aliphatic heterocycles. The highest BCUT2D eigenvalue weighted by Crippen LogP contribution is 2.46. The molecule has 236 valence electrons. The van der Waals surface area contributed by atoms with Crippen molar-refractivity contribution < 1.29 is 4.42 Å². The van der Waals surface area contributed by atoms with E-state index in [1.165, 1.54) is 22.3 Å². The summed E-state index contributed by atoms with van der Waals surface area (Å²) in [5.74, 6) is 0. The number of hydrogen-bond acceptors (Lipinski definition) is 2. The molecule has 50 heavy (non-hydrogen) atoms. The number of fused-ring (bicyclic) bond motifs is 3. The maximum Gasteiger partial charge on any atom is 0.137 e. The molecule has 2 heteroatoms. The zero-order chi connectivity index (χ0) is 33.3. The average Bonchev–Trinajstić information content (AvgIpc) is 3.57. The Morgan fingerprint density at radius 3 is 1.28 bits per heavy atom. The molecule has 8 aromatic carbocycles. The number of hydrogen-bond donors (Lipinski definition) is 0. The Labute approximate surface area is 292 Å². The van der Waals surface area contributed by atoms with E-state index in [4.69, 9.17) is 4.42 Å². The van der Waals surface area contributed by atoms with Gasteiger partial charge in [0.1, 0.15) is 11.2 Å². The highest BCUT2D eigenvalue weighted by molar-refractivity contribution is 6.06. The highest BCUT2D eigenvalue weighted by atomic mass is 16.3. The molecule has 1 aromatic heterocycles. The van der Waals surface area contributed by atoms with Gasteiger partial charge in [0.05, 0.1) is 11.4 Å². The molecule has 0 N–H and O–H groups in total. The van der Waals surface area contributed by atoms with Crippen LogP contribution in [0.4, 0.5) is 17.1 Å². The van der Waals surface area contributed by atoms with Crippen LogP contribution in [0.15, 0.2) is 205 Å². The van der Waals surface area contributed by atoms with Crippen molar-refractivity contribution in [2.45, 2.75) is 0 Å². The molecule has 0 saturated heterocycles. The lowest BCUT2D eigenvalue weighted by Gasteiger charge is -2.30. The fourth-order valence-corrected chi connectivity index (χ4v) is 7.03. The zero-order valence-electron chi connectivity index (χ0n) is 27.4. The summed E-state index contributed by atoms with van der Waals surface area (Å²) in [6, 6.07) is 71.1.